The molecule has 2 saturated heterocycles. The highest BCUT2D eigenvalue weighted by atomic mass is 127. The Morgan fingerprint density at radius 3 is 2.22 bits per heavy atom. The topological polar surface area (TPSA) is 217 Å². The van der Waals surface area contributed by atoms with Gasteiger partial charge in [-0.3, -0.25) is 4.79 Å². The summed E-state index contributed by atoms with van der Waals surface area (Å²) in [5.41, 5.74) is -0.109. The number of aliphatic hydroxyl groups is 2. The van der Waals surface area contributed by atoms with Crippen molar-refractivity contribution in [3.63, 3.8) is 0 Å². The van der Waals surface area contributed by atoms with E-state index in [-0.39, 0.29) is 56.3 Å². The number of amides is 1. The fourth-order valence-corrected chi connectivity index (χ4v) is 5.06. The lowest BCUT2D eigenvalue weighted by atomic mass is 10.0. The van der Waals surface area contributed by atoms with Gasteiger partial charge in [0, 0.05) is 38.8 Å². The van der Waals surface area contributed by atoms with E-state index < -0.39 is 64.4 Å². The minimum absolute atomic E-state index is 0.00679. The SMILES string of the molecule is CC(CCNC(=O)c1cc(COC(=O)I)ccc1OC1CC(O)CC(C(=O)O)O1)OCCC(C)(C)OC1CC(O)CC(C(=O)O)O1. The van der Waals surface area contributed by atoms with Crippen LogP contribution in [-0.2, 0) is 39.9 Å². The molecule has 1 aromatic rings. The van der Waals surface area contributed by atoms with Gasteiger partial charge in [0.2, 0.25) is 6.29 Å². The number of rotatable bonds is 16. The minimum atomic E-state index is -1.26. The Morgan fingerprint density at radius 2 is 1.61 bits per heavy atom. The number of benzene rings is 1. The highest BCUT2D eigenvalue weighted by molar-refractivity contribution is 14.1. The Labute approximate surface area is 279 Å². The highest BCUT2D eigenvalue weighted by Crippen LogP contribution is 2.28. The second kappa shape index (κ2) is 17.5. The molecule has 3 rings (SSSR count). The fraction of sp³-hybridized carbons (Fsp3) is 0.667. The predicted molar refractivity (Wildman–Crippen MR) is 166 cm³/mol. The average Bonchev–Trinajstić information content (AvgIpc) is 2.95. The van der Waals surface area contributed by atoms with Gasteiger partial charge < -0.3 is 54.2 Å². The molecule has 1 amide bonds. The molecule has 5 N–H and O–H groups in total. The third-order valence-electron chi connectivity index (χ3n) is 7.38. The molecule has 0 saturated carbocycles. The Balaban J connectivity index is 1.52. The Morgan fingerprint density at radius 1 is 1.00 bits per heavy atom. The van der Waals surface area contributed by atoms with E-state index in [9.17, 15) is 39.6 Å². The van der Waals surface area contributed by atoms with E-state index in [1.165, 1.54) is 34.7 Å². The Kier molecular flexibility index (Phi) is 14.4. The Hall–Kier alpha value is -2.61. The lowest BCUT2D eigenvalue weighted by molar-refractivity contribution is -0.256. The summed E-state index contributed by atoms with van der Waals surface area (Å²) in [6.45, 7) is 5.93. The summed E-state index contributed by atoms with van der Waals surface area (Å²) in [6.07, 6.45) is -5.41. The van der Waals surface area contributed by atoms with Gasteiger partial charge in [-0.1, -0.05) is 6.07 Å². The third kappa shape index (κ3) is 12.5. The molecule has 0 aromatic heterocycles. The predicted octanol–water partition coefficient (Wildman–Crippen LogP) is 2.75. The molecule has 7 unspecified atom stereocenters. The lowest BCUT2D eigenvalue weighted by Crippen LogP contribution is -2.44. The number of halogens is 1. The summed E-state index contributed by atoms with van der Waals surface area (Å²) < 4.78 is 33.1. The van der Waals surface area contributed by atoms with Gasteiger partial charge in [0.05, 0.1) is 52.1 Å². The first-order valence-electron chi connectivity index (χ1n) is 14.9. The summed E-state index contributed by atoms with van der Waals surface area (Å²) in [4.78, 5) is 47.2. The standard InChI is InChI=1S/C30H42INO14/c1-16(41-9-7-30(2,3)46-25-14-19(34)12-23(45-25)28(38)39)6-8-32-26(35)20-10-17(15-42-29(31)40)4-5-21(20)43-24-13-18(33)11-22(44-24)27(36)37/h4-5,10,16,18-19,22-25,33-34H,6-9,11-15H2,1-3H3,(H,32,35)(H,36,37)(H,38,39). The maximum absolute atomic E-state index is 13.2. The van der Waals surface area contributed by atoms with Gasteiger partial charge in [-0.25, -0.2) is 14.4 Å². The first-order chi connectivity index (χ1) is 21.6. The van der Waals surface area contributed by atoms with E-state index >= 15 is 0 Å². The van der Waals surface area contributed by atoms with Crippen molar-refractivity contribution in [1.29, 1.82) is 0 Å². The first kappa shape index (κ1) is 37.8. The van der Waals surface area contributed by atoms with Crippen LogP contribution in [0.1, 0.15) is 75.2 Å². The van der Waals surface area contributed by atoms with Crippen molar-refractivity contribution in [2.24, 2.45) is 0 Å². The van der Waals surface area contributed by atoms with Crippen LogP contribution in [0.5, 0.6) is 5.75 Å². The van der Waals surface area contributed by atoms with Crippen LogP contribution in [0.2, 0.25) is 0 Å². The maximum atomic E-state index is 13.2. The summed E-state index contributed by atoms with van der Waals surface area (Å²) >= 11 is 1.49. The highest BCUT2D eigenvalue weighted by Gasteiger charge is 2.37. The summed E-state index contributed by atoms with van der Waals surface area (Å²) in [7, 11) is 0. The molecule has 2 aliphatic heterocycles. The molecule has 258 valence electrons. The van der Waals surface area contributed by atoms with Crippen LogP contribution in [-0.4, -0.2) is 104 Å². The largest absolute Gasteiger partial charge is 0.479 e. The molecule has 0 spiro atoms. The van der Waals surface area contributed by atoms with Crippen molar-refractivity contribution in [3.05, 3.63) is 29.3 Å². The molecule has 0 bridgehead atoms. The van der Waals surface area contributed by atoms with E-state index in [1.54, 1.807) is 6.07 Å². The number of aliphatic carboxylic acids is 2. The molecule has 7 atom stereocenters. The molecule has 0 radical (unpaired) electrons. The quantitative estimate of drug-likeness (QED) is 0.121. The smallest absolute Gasteiger partial charge is 0.367 e. The minimum Gasteiger partial charge on any atom is -0.479 e. The van der Waals surface area contributed by atoms with E-state index in [0.717, 1.165) is 0 Å². The van der Waals surface area contributed by atoms with Crippen LogP contribution in [0, 0.1) is 0 Å². The second-order valence-electron chi connectivity index (χ2n) is 11.9. The molecule has 1 aromatic carbocycles. The zero-order chi connectivity index (χ0) is 34.0. The number of carbonyl (C=O) groups excluding carboxylic acids is 2. The van der Waals surface area contributed by atoms with Crippen LogP contribution in [0.3, 0.4) is 0 Å². The summed E-state index contributed by atoms with van der Waals surface area (Å²) in [6, 6.07) is 4.57. The number of ether oxygens (including phenoxy) is 6. The monoisotopic (exact) mass is 767 g/mol. The van der Waals surface area contributed by atoms with Gasteiger partial charge >= 0.3 is 15.9 Å². The molecular weight excluding hydrogens is 725 g/mol. The van der Waals surface area contributed by atoms with Crippen molar-refractivity contribution in [1.82, 2.24) is 5.32 Å². The van der Waals surface area contributed by atoms with Crippen molar-refractivity contribution < 1.29 is 68.0 Å². The maximum Gasteiger partial charge on any atom is 0.367 e. The third-order valence-corrected chi connectivity index (χ3v) is 7.69. The number of carbonyl (C=O) groups is 4. The van der Waals surface area contributed by atoms with E-state index in [0.29, 0.717) is 25.0 Å². The average molecular weight is 768 g/mol. The molecule has 46 heavy (non-hydrogen) atoms. The first-order valence-corrected chi connectivity index (χ1v) is 16.0. The van der Waals surface area contributed by atoms with E-state index in [2.05, 4.69) is 5.32 Å². The van der Waals surface area contributed by atoms with Crippen LogP contribution in [0.15, 0.2) is 18.2 Å². The van der Waals surface area contributed by atoms with Gasteiger partial charge in [0.25, 0.3) is 5.91 Å². The molecule has 16 heteroatoms. The van der Waals surface area contributed by atoms with Gasteiger partial charge in [-0.05, 0) is 51.3 Å². The van der Waals surface area contributed by atoms with Crippen molar-refractivity contribution in [2.45, 2.75) is 115 Å². The number of carboxylic acids is 2. The van der Waals surface area contributed by atoms with E-state index in [4.69, 9.17) is 28.4 Å². The Bertz CT molecular complexity index is 1210. The summed E-state index contributed by atoms with van der Waals surface area (Å²) in [5.74, 6) is -2.79. The van der Waals surface area contributed by atoms with Crippen LogP contribution < -0.4 is 10.1 Å². The molecule has 0 aliphatic carbocycles. The number of carboxylic acid groups (broad SMARTS) is 2. The second-order valence-corrected chi connectivity index (χ2v) is 12.7. The van der Waals surface area contributed by atoms with Crippen LogP contribution in [0.25, 0.3) is 0 Å². The summed E-state index contributed by atoms with van der Waals surface area (Å²) in [5, 5.41) is 41.4. The fourth-order valence-electron chi connectivity index (χ4n) is 4.91. The molecule has 2 heterocycles. The van der Waals surface area contributed by atoms with Crippen LogP contribution in [0.4, 0.5) is 4.79 Å². The van der Waals surface area contributed by atoms with Crippen molar-refractivity contribution in [3.8, 4) is 5.75 Å². The van der Waals surface area contributed by atoms with Gasteiger partial charge in [0.1, 0.15) is 12.4 Å². The zero-order valence-electron chi connectivity index (χ0n) is 25.9. The number of aliphatic hydroxyl groups excluding tert-OH is 2. The van der Waals surface area contributed by atoms with E-state index in [1.807, 2.05) is 20.8 Å². The molecule has 15 nitrogen and oxygen atoms in total. The number of hydrogen-bond acceptors (Lipinski definition) is 12. The van der Waals surface area contributed by atoms with Gasteiger partial charge in [-0.2, -0.15) is 0 Å². The number of nitrogens with one attached hydrogen (secondary N) is 1. The number of hydrogen-bond donors (Lipinski definition) is 5. The van der Waals surface area contributed by atoms with Crippen molar-refractivity contribution in [2.75, 3.05) is 13.2 Å². The zero-order valence-corrected chi connectivity index (χ0v) is 28.0. The lowest BCUT2D eigenvalue weighted by Gasteiger charge is -2.36. The van der Waals surface area contributed by atoms with Crippen LogP contribution >= 0.6 is 22.6 Å². The molecule has 2 aliphatic rings. The van der Waals surface area contributed by atoms with Gasteiger partial charge in [0.15, 0.2) is 18.5 Å². The normalized spacial score (nSPS) is 25.7. The van der Waals surface area contributed by atoms with Gasteiger partial charge in [-0.15, -0.1) is 0 Å². The molecule has 2 fully saturated rings. The molecular formula is C30H42INO14. The van der Waals surface area contributed by atoms with Crippen molar-refractivity contribution >= 4 is 44.4 Å².